The van der Waals surface area contributed by atoms with Gasteiger partial charge in [0.15, 0.2) is 0 Å². The van der Waals surface area contributed by atoms with Gasteiger partial charge in [0.1, 0.15) is 5.52 Å². The number of fused-ring (bicyclic) bond motifs is 1. The molecule has 2 heterocycles. The Bertz CT molecular complexity index is 378. The molecule has 0 aliphatic carbocycles. The van der Waals surface area contributed by atoms with Crippen molar-refractivity contribution in [1.82, 2.24) is 14.8 Å². The highest BCUT2D eigenvalue weighted by Crippen LogP contribution is 2.09. The normalized spacial score (nSPS) is 10.8. The molecular weight excluding hydrogens is 150 g/mol. The molecule has 0 bridgehead atoms. The van der Waals surface area contributed by atoms with Gasteiger partial charge in [-0.05, 0) is 18.6 Å². The fourth-order valence-electron chi connectivity index (χ4n) is 1.30. The summed E-state index contributed by atoms with van der Waals surface area (Å²) in [6.07, 6.45) is 4.71. The SMILES string of the molecule is CCCn1ncc2ncccc21. The number of hydrogen-bond donors (Lipinski definition) is 0. The Kier molecular flexibility index (Phi) is 1.78. The summed E-state index contributed by atoms with van der Waals surface area (Å²) in [7, 11) is 0. The minimum absolute atomic E-state index is 0.967. The summed E-state index contributed by atoms with van der Waals surface area (Å²) >= 11 is 0. The average molecular weight is 161 g/mol. The Morgan fingerprint density at radius 3 is 3.25 bits per heavy atom. The molecule has 0 amide bonds. The van der Waals surface area contributed by atoms with Crippen LogP contribution in [0.25, 0.3) is 11.0 Å². The van der Waals surface area contributed by atoms with E-state index in [0.29, 0.717) is 0 Å². The second-order valence-electron chi connectivity index (χ2n) is 2.78. The molecule has 2 aromatic rings. The van der Waals surface area contributed by atoms with Gasteiger partial charge in [-0.2, -0.15) is 5.10 Å². The minimum atomic E-state index is 0.967. The van der Waals surface area contributed by atoms with Crippen molar-refractivity contribution in [2.75, 3.05) is 0 Å². The fourth-order valence-corrected chi connectivity index (χ4v) is 1.30. The van der Waals surface area contributed by atoms with Gasteiger partial charge >= 0.3 is 0 Å². The van der Waals surface area contributed by atoms with Gasteiger partial charge in [-0.25, -0.2) is 0 Å². The average Bonchev–Trinajstić information content (AvgIpc) is 2.50. The van der Waals surface area contributed by atoms with Crippen molar-refractivity contribution in [2.45, 2.75) is 19.9 Å². The van der Waals surface area contributed by atoms with E-state index in [1.807, 2.05) is 23.0 Å². The lowest BCUT2D eigenvalue weighted by molar-refractivity contribution is 0.622. The van der Waals surface area contributed by atoms with Crippen molar-refractivity contribution in [3.63, 3.8) is 0 Å². The van der Waals surface area contributed by atoms with Gasteiger partial charge in [-0.1, -0.05) is 6.92 Å². The van der Waals surface area contributed by atoms with Gasteiger partial charge in [0.2, 0.25) is 0 Å². The standard InChI is InChI=1S/C9H11N3/c1-2-6-12-9-4-3-5-10-8(9)7-11-12/h3-5,7H,2,6H2,1H3. The van der Waals surface area contributed by atoms with E-state index >= 15 is 0 Å². The zero-order valence-electron chi connectivity index (χ0n) is 7.07. The molecule has 0 aliphatic rings. The van der Waals surface area contributed by atoms with E-state index in [2.05, 4.69) is 17.0 Å². The predicted octanol–water partition coefficient (Wildman–Crippen LogP) is 1.84. The molecule has 0 aliphatic heterocycles. The van der Waals surface area contributed by atoms with Crippen LogP contribution in [0.2, 0.25) is 0 Å². The van der Waals surface area contributed by atoms with E-state index in [-0.39, 0.29) is 0 Å². The second-order valence-corrected chi connectivity index (χ2v) is 2.78. The molecule has 2 rings (SSSR count). The molecule has 0 unspecified atom stereocenters. The highest BCUT2D eigenvalue weighted by atomic mass is 15.3. The van der Waals surface area contributed by atoms with Crippen LogP contribution >= 0.6 is 0 Å². The Morgan fingerprint density at radius 1 is 1.50 bits per heavy atom. The maximum absolute atomic E-state index is 4.24. The van der Waals surface area contributed by atoms with Gasteiger partial charge in [0, 0.05) is 12.7 Å². The predicted molar refractivity (Wildman–Crippen MR) is 47.8 cm³/mol. The number of nitrogens with zero attached hydrogens (tertiary/aromatic N) is 3. The number of pyridine rings is 1. The van der Waals surface area contributed by atoms with E-state index in [1.54, 1.807) is 6.20 Å². The minimum Gasteiger partial charge on any atom is -0.263 e. The van der Waals surface area contributed by atoms with E-state index in [1.165, 1.54) is 0 Å². The topological polar surface area (TPSA) is 30.7 Å². The Hall–Kier alpha value is -1.38. The summed E-state index contributed by atoms with van der Waals surface area (Å²) in [4.78, 5) is 4.20. The summed E-state index contributed by atoms with van der Waals surface area (Å²) in [6, 6.07) is 3.99. The van der Waals surface area contributed by atoms with Crippen LogP contribution in [0.5, 0.6) is 0 Å². The molecule has 0 saturated heterocycles. The summed E-state index contributed by atoms with van der Waals surface area (Å²) in [5.74, 6) is 0. The molecule has 3 heteroatoms. The lowest BCUT2D eigenvalue weighted by Gasteiger charge is -1.98. The van der Waals surface area contributed by atoms with Crippen LogP contribution in [0.15, 0.2) is 24.5 Å². The van der Waals surface area contributed by atoms with Crippen LogP contribution in [0.1, 0.15) is 13.3 Å². The van der Waals surface area contributed by atoms with Crippen molar-refractivity contribution in [3.05, 3.63) is 24.5 Å². The van der Waals surface area contributed by atoms with Crippen molar-refractivity contribution in [3.8, 4) is 0 Å². The van der Waals surface area contributed by atoms with Crippen LogP contribution < -0.4 is 0 Å². The third-order valence-electron chi connectivity index (χ3n) is 1.85. The molecule has 0 atom stereocenters. The molecule has 0 radical (unpaired) electrons. The van der Waals surface area contributed by atoms with Gasteiger partial charge in [0.25, 0.3) is 0 Å². The first-order chi connectivity index (χ1) is 5.92. The second kappa shape index (κ2) is 2.93. The molecule has 0 aromatic carbocycles. The van der Waals surface area contributed by atoms with E-state index < -0.39 is 0 Å². The summed E-state index contributed by atoms with van der Waals surface area (Å²) in [6.45, 7) is 3.11. The number of hydrogen-bond acceptors (Lipinski definition) is 2. The largest absolute Gasteiger partial charge is 0.263 e. The number of rotatable bonds is 2. The molecule has 0 spiro atoms. The zero-order valence-corrected chi connectivity index (χ0v) is 7.07. The molecule has 2 aromatic heterocycles. The van der Waals surface area contributed by atoms with Crippen LogP contribution in [0, 0.1) is 0 Å². The highest BCUT2D eigenvalue weighted by Gasteiger charge is 1.99. The van der Waals surface area contributed by atoms with Crippen molar-refractivity contribution >= 4 is 11.0 Å². The molecule has 0 fully saturated rings. The van der Waals surface area contributed by atoms with Gasteiger partial charge < -0.3 is 0 Å². The summed E-state index contributed by atoms with van der Waals surface area (Å²) in [5, 5.41) is 4.24. The first kappa shape index (κ1) is 7.28. The van der Waals surface area contributed by atoms with E-state index in [4.69, 9.17) is 0 Å². The maximum atomic E-state index is 4.24. The third kappa shape index (κ3) is 1.07. The van der Waals surface area contributed by atoms with Gasteiger partial charge in [0.05, 0.1) is 11.7 Å². The monoisotopic (exact) mass is 161 g/mol. The number of aryl methyl sites for hydroxylation is 1. The van der Waals surface area contributed by atoms with Crippen LogP contribution in [0.3, 0.4) is 0 Å². The summed E-state index contributed by atoms with van der Waals surface area (Å²) < 4.78 is 1.99. The van der Waals surface area contributed by atoms with Gasteiger partial charge in [-0.3, -0.25) is 9.67 Å². The molecule has 0 saturated carbocycles. The smallest absolute Gasteiger partial charge is 0.108 e. The van der Waals surface area contributed by atoms with Crippen molar-refractivity contribution in [1.29, 1.82) is 0 Å². The quantitative estimate of drug-likeness (QED) is 0.672. The van der Waals surface area contributed by atoms with Crippen molar-refractivity contribution < 1.29 is 0 Å². The summed E-state index contributed by atoms with van der Waals surface area (Å²) in [5.41, 5.74) is 2.10. The van der Waals surface area contributed by atoms with Crippen LogP contribution in [-0.2, 0) is 6.54 Å². The van der Waals surface area contributed by atoms with E-state index in [0.717, 1.165) is 24.0 Å². The zero-order chi connectivity index (χ0) is 8.39. The maximum Gasteiger partial charge on any atom is 0.108 e. The first-order valence-electron chi connectivity index (χ1n) is 4.18. The molecule has 3 nitrogen and oxygen atoms in total. The van der Waals surface area contributed by atoms with Crippen LogP contribution in [0.4, 0.5) is 0 Å². The third-order valence-corrected chi connectivity index (χ3v) is 1.85. The Labute approximate surface area is 71.0 Å². The molecular formula is C9H11N3. The highest BCUT2D eigenvalue weighted by molar-refractivity contribution is 5.73. The molecule has 0 N–H and O–H groups in total. The fraction of sp³-hybridized carbons (Fsp3) is 0.333. The van der Waals surface area contributed by atoms with Gasteiger partial charge in [-0.15, -0.1) is 0 Å². The van der Waals surface area contributed by atoms with Crippen LogP contribution in [-0.4, -0.2) is 14.8 Å². The van der Waals surface area contributed by atoms with E-state index in [9.17, 15) is 0 Å². The van der Waals surface area contributed by atoms with Crippen molar-refractivity contribution in [2.24, 2.45) is 0 Å². The Morgan fingerprint density at radius 2 is 2.42 bits per heavy atom. The molecule has 62 valence electrons. The first-order valence-corrected chi connectivity index (χ1v) is 4.18. The lowest BCUT2D eigenvalue weighted by atomic mass is 10.4. The lowest BCUT2D eigenvalue weighted by Crippen LogP contribution is -1.97. The number of aromatic nitrogens is 3. The molecule has 12 heavy (non-hydrogen) atoms. The Balaban J connectivity index is 2.55.